The Balaban J connectivity index is 2.19. The normalized spacial score (nSPS) is 11.4. The summed E-state index contributed by atoms with van der Waals surface area (Å²) in [6, 6.07) is 12.9. The van der Waals surface area contributed by atoms with E-state index in [4.69, 9.17) is 4.74 Å². The van der Waals surface area contributed by atoms with Crippen molar-refractivity contribution in [1.29, 1.82) is 0 Å². The van der Waals surface area contributed by atoms with Gasteiger partial charge in [0, 0.05) is 0 Å². The number of rotatable bonds is 4. The van der Waals surface area contributed by atoms with Crippen LogP contribution < -0.4 is 4.74 Å². The summed E-state index contributed by atoms with van der Waals surface area (Å²) in [5, 5.41) is 0. The van der Waals surface area contributed by atoms with Crippen LogP contribution in [0.1, 0.15) is 38.3 Å². The van der Waals surface area contributed by atoms with Gasteiger partial charge in [0.05, 0.1) is 0 Å². The smallest absolute Gasteiger partial charge is 0.165 e. The van der Waals surface area contributed by atoms with E-state index in [1.165, 1.54) is 11.6 Å². The first-order valence-corrected chi connectivity index (χ1v) is 6.97. The number of hydrogen-bond acceptors (Lipinski definition) is 1. The molecule has 0 radical (unpaired) electrons. The fourth-order valence-corrected chi connectivity index (χ4v) is 1.99. The topological polar surface area (TPSA) is 9.23 Å². The molecule has 0 aliphatic heterocycles. The molecule has 2 aromatic carbocycles. The Morgan fingerprint density at radius 2 is 1.70 bits per heavy atom. The molecule has 0 fully saturated rings. The van der Waals surface area contributed by atoms with E-state index >= 15 is 0 Å². The van der Waals surface area contributed by atoms with Crippen LogP contribution >= 0.6 is 0 Å². The quantitative estimate of drug-likeness (QED) is 0.702. The van der Waals surface area contributed by atoms with E-state index in [1.54, 1.807) is 6.07 Å². The van der Waals surface area contributed by atoms with Gasteiger partial charge in [-0.25, -0.2) is 4.39 Å². The summed E-state index contributed by atoms with van der Waals surface area (Å²) in [6.45, 7) is 8.45. The second-order valence-corrected chi connectivity index (χ2v) is 5.80. The number of hydrogen-bond donors (Lipinski definition) is 0. The Morgan fingerprint density at radius 3 is 2.25 bits per heavy atom. The summed E-state index contributed by atoms with van der Waals surface area (Å²) in [5.41, 5.74) is 2.29. The van der Waals surface area contributed by atoms with Crippen molar-refractivity contribution >= 4 is 0 Å². The Labute approximate surface area is 120 Å². The van der Waals surface area contributed by atoms with Gasteiger partial charge in [-0.1, -0.05) is 39.0 Å². The van der Waals surface area contributed by atoms with Crippen molar-refractivity contribution in [3.63, 3.8) is 0 Å². The molecule has 0 unspecified atom stereocenters. The molecule has 0 aliphatic rings. The van der Waals surface area contributed by atoms with Gasteiger partial charge < -0.3 is 4.74 Å². The Bertz CT molecular complexity index is 585. The second-order valence-electron chi connectivity index (χ2n) is 5.80. The number of halogens is 1. The molecule has 2 rings (SSSR count). The molecule has 0 aliphatic carbocycles. The maximum absolute atomic E-state index is 13.7. The minimum atomic E-state index is -0.331. The minimum Gasteiger partial charge on any atom is -0.454 e. The zero-order valence-electron chi connectivity index (χ0n) is 12.5. The lowest BCUT2D eigenvalue weighted by atomic mass is 9.82. The standard InChI is InChI=1S/C18H21FO/c1-5-18(3,4)14-7-9-15(10-8-14)20-17-11-6-13(2)12-16(17)19/h6-12H,5H2,1-4H3. The summed E-state index contributed by atoms with van der Waals surface area (Å²) >= 11 is 0. The number of benzene rings is 2. The van der Waals surface area contributed by atoms with E-state index in [2.05, 4.69) is 20.8 Å². The summed E-state index contributed by atoms with van der Waals surface area (Å²) in [6.07, 6.45) is 1.07. The predicted octanol–water partition coefficient (Wildman–Crippen LogP) is 5.61. The predicted molar refractivity (Wildman–Crippen MR) is 81.0 cm³/mol. The van der Waals surface area contributed by atoms with Crippen LogP contribution in [0.3, 0.4) is 0 Å². The highest BCUT2D eigenvalue weighted by Crippen LogP contribution is 2.30. The van der Waals surface area contributed by atoms with E-state index < -0.39 is 0 Å². The molecular weight excluding hydrogens is 251 g/mol. The Morgan fingerprint density at radius 1 is 1.05 bits per heavy atom. The molecule has 1 nitrogen and oxygen atoms in total. The van der Waals surface area contributed by atoms with Crippen LogP contribution in [0, 0.1) is 12.7 Å². The van der Waals surface area contributed by atoms with Crippen molar-refractivity contribution in [2.75, 3.05) is 0 Å². The van der Waals surface area contributed by atoms with Crippen molar-refractivity contribution in [2.45, 2.75) is 39.5 Å². The lowest BCUT2D eigenvalue weighted by molar-refractivity contribution is 0.440. The third kappa shape index (κ3) is 3.19. The number of aryl methyl sites for hydroxylation is 1. The lowest BCUT2D eigenvalue weighted by Crippen LogP contribution is -2.14. The van der Waals surface area contributed by atoms with Gasteiger partial charge in [0.15, 0.2) is 11.6 Å². The summed E-state index contributed by atoms with van der Waals surface area (Å²) in [4.78, 5) is 0. The number of ether oxygens (including phenoxy) is 1. The molecule has 0 amide bonds. The van der Waals surface area contributed by atoms with Crippen LogP contribution in [0.5, 0.6) is 11.5 Å². The summed E-state index contributed by atoms with van der Waals surface area (Å²) in [5.74, 6) is 0.587. The fourth-order valence-electron chi connectivity index (χ4n) is 1.99. The van der Waals surface area contributed by atoms with Gasteiger partial charge in [0.25, 0.3) is 0 Å². The van der Waals surface area contributed by atoms with Crippen LogP contribution in [-0.4, -0.2) is 0 Å². The van der Waals surface area contributed by atoms with E-state index in [-0.39, 0.29) is 17.0 Å². The van der Waals surface area contributed by atoms with Crippen molar-refractivity contribution in [2.24, 2.45) is 0 Å². The molecule has 0 heterocycles. The molecule has 0 bridgehead atoms. The maximum Gasteiger partial charge on any atom is 0.165 e. The van der Waals surface area contributed by atoms with Gasteiger partial charge in [-0.2, -0.15) is 0 Å². The average molecular weight is 272 g/mol. The van der Waals surface area contributed by atoms with Gasteiger partial charge >= 0.3 is 0 Å². The van der Waals surface area contributed by atoms with Crippen molar-refractivity contribution < 1.29 is 9.13 Å². The molecule has 2 aromatic rings. The lowest BCUT2D eigenvalue weighted by Gasteiger charge is -2.23. The molecule has 0 spiro atoms. The molecule has 0 saturated carbocycles. The van der Waals surface area contributed by atoms with Crippen LogP contribution in [0.2, 0.25) is 0 Å². The largest absolute Gasteiger partial charge is 0.454 e. The van der Waals surface area contributed by atoms with Gasteiger partial charge in [-0.15, -0.1) is 0 Å². The Kier molecular flexibility index (Phi) is 4.12. The molecule has 20 heavy (non-hydrogen) atoms. The maximum atomic E-state index is 13.7. The summed E-state index contributed by atoms with van der Waals surface area (Å²) < 4.78 is 19.3. The van der Waals surface area contributed by atoms with Crippen LogP contribution in [-0.2, 0) is 5.41 Å². The molecule has 2 heteroatoms. The first-order valence-electron chi connectivity index (χ1n) is 6.97. The van der Waals surface area contributed by atoms with Crippen molar-refractivity contribution in [1.82, 2.24) is 0 Å². The SMILES string of the molecule is CCC(C)(C)c1ccc(Oc2ccc(C)cc2F)cc1. The van der Waals surface area contributed by atoms with Gasteiger partial charge in [0.2, 0.25) is 0 Å². The van der Waals surface area contributed by atoms with Gasteiger partial charge in [0.1, 0.15) is 5.75 Å². The zero-order chi connectivity index (χ0) is 14.8. The monoisotopic (exact) mass is 272 g/mol. The first-order chi connectivity index (χ1) is 9.42. The molecule has 0 aromatic heterocycles. The van der Waals surface area contributed by atoms with Crippen LogP contribution in [0.4, 0.5) is 4.39 Å². The Hall–Kier alpha value is -1.83. The third-order valence-corrected chi connectivity index (χ3v) is 3.83. The van der Waals surface area contributed by atoms with Gasteiger partial charge in [-0.3, -0.25) is 0 Å². The van der Waals surface area contributed by atoms with E-state index in [0.29, 0.717) is 5.75 Å². The molecule has 0 N–H and O–H groups in total. The van der Waals surface area contributed by atoms with Gasteiger partial charge in [-0.05, 0) is 54.2 Å². The molecule has 0 saturated heterocycles. The average Bonchev–Trinajstić information content (AvgIpc) is 2.42. The van der Waals surface area contributed by atoms with Crippen LogP contribution in [0.25, 0.3) is 0 Å². The van der Waals surface area contributed by atoms with Crippen molar-refractivity contribution in [3.05, 3.63) is 59.4 Å². The zero-order valence-corrected chi connectivity index (χ0v) is 12.5. The fraction of sp³-hybridized carbons (Fsp3) is 0.333. The van der Waals surface area contributed by atoms with E-state index in [0.717, 1.165) is 12.0 Å². The third-order valence-electron chi connectivity index (χ3n) is 3.83. The molecular formula is C18H21FO. The highest BCUT2D eigenvalue weighted by molar-refractivity contribution is 5.36. The van der Waals surface area contributed by atoms with Crippen LogP contribution in [0.15, 0.2) is 42.5 Å². The van der Waals surface area contributed by atoms with Crippen molar-refractivity contribution in [3.8, 4) is 11.5 Å². The molecule has 106 valence electrons. The first kappa shape index (κ1) is 14.6. The summed E-state index contributed by atoms with van der Waals surface area (Å²) in [7, 11) is 0. The minimum absolute atomic E-state index is 0.146. The second kappa shape index (κ2) is 5.66. The molecule has 0 atom stereocenters. The van der Waals surface area contributed by atoms with E-state index in [1.807, 2.05) is 37.3 Å². The highest BCUT2D eigenvalue weighted by atomic mass is 19.1. The highest BCUT2D eigenvalue weighted by Gasteiger charge is 2.17. The van der Waals surface area contributed by atoms with E-state index in [9.17, 15) is 4.39 Å².